The van der Waals surface area contributed by atoms with Crippen LogP contribution in [0.15, 0.2) is 41.1 Å². The topological polar surface area (TPSA) is 93.5 Å². The minimum absolute atomic E-state index is 0.183. The molecule has 2 amide bonds. The Morgan fingerprint density at radius 3 is 2.68 bits per heavy atom. The number of rotatable bonds is 5. The van der Waals surface area contributed by atoms with E-state index in [-0.39, 0.29) is 18.5 Å². The summed E-state index contributed by atoms with van der Waals surface area (Å²) in [5, 5.41) is 8.35. The van der Waals surface area contributed by atoms with E-state index < -0.39 is 11.8 Å². The minimum Gasteiger partial charge on any atom is -0.375 e. The van der Waals surface area contributed by atoms with Crippen LogP contribution in [0.1, 0.15) is 17.2 Å². The number of aryl methyl sites for hydroxylation is 1. The zero-order chi connectivity index (χ0) is 15.9. The van der Waals surface area contributed by atoms with Crippen LogP contribution in [0.2, 0.25) is 0 Å². The Morgan fingerprint density at radius 2 is 2.05 bits per heavy atom. The summed E-state index contributed by atoms with van der Waals surface area (Å²) in [7, 11) is 1.55. The van der Waals surface area contributed by atoms with E-state index in [0.717, 1.165) is 11.1 Å². The lowest BCUT2D eigenvalue weighted by molar-refractivity contribution is -0.136. The molecular weight excluding hydrogens is 286 g/mol. The van der Waals surface area contributed by atoms with Gasteiger partial charge in [-0.2, -0.15) is 0 Å². The van der Waals surface area contributed by atoms with E-state index in [1.165, 1.54) is 12.3 Å². The largest absolute Gasteiger partial charge is 0.375 e. The van der Waals surface area contributed by atoms with Crippen molar-refractivity contribution in [1.82, 2.24) is 10.5 Å². The second-order valence-electron chi connectivity index (χ2n) is 4.63. The fourth-order valence-electron chi connectivity index (χ4n) is 1.98. The quantitative estimate of drug-likeness (QED) is 0.815. The summed E-state index contributed by atoms with van der Waals surface area (Å²) in [5.41, 5.74) is 2.01. The molecule has 2 aromatic rings. The van der Waals surface area contributed by atoms with Crippen LogP contribution < -0.4 is 10.6 Å². The molecule has 22 heavy (non-hydrogen) atoms. The third-order valence-electron chi connectivity index (χ3n) is 3.15. The molecule has 0 saturated heterocycles. The second kappa shape index (κ2) is 7.37. The summed E-state index contributed by atoms with van der Waals surface area (Å²) in [6.45, 7) is 2.15. The van der Waals surface area contributed by atoms with Crippen LogP contribution in [0, 0.1) is 6.92 Å². The highest BCUT2D eigenvalue weighted by Gasteiger charge is 2.18. The van der Waals surface area contributed by atoms with Gasteiger partial charge in [-0.05, 0) is 18.1 Å². The van der Waals surface area contributed by atoms with Crippen LogP contribution >= 0.6 is 0 Å². The van der Waals surface area contributed by atoms with Gasteiger partial charge in [0.25, 0.3) is 0 Å². The molecular formula is C15H17N3O4. The molecule has 0 spiro atoms. The zero-order valence-electron chi connectivity index (χ0n) is 12.3. The van der Waals surface area contributed by atoms with Crippen molar-refractivity contribution >= 4 is 17.6 Å². The Kier molecular flexibility index (Phi) is 5.26. The summed E-state index contributed by atoms with van der Waals surface area (Å²) >= 11 is 0. The van der Waals surface area contributed by atoms with Crippen molar-refractivity contribution in [3.8, 4) is 0 Å². The van der Waals surface area contributed by atoms with Gasteiger partial charge in [-0.1, -0.05) is 29.4 Å². The molecule has 7 nitrogen and oxygen atoms in total. The van der Waals surface area contributed by atoms with Gasteiger partial charge in [-0.25, -0.2) is 0 Å². The molecule has 0 fully saturated rings. The molecule has 1 aromatic carbocycles. The van der Waals surface area contributed by atoms with E-state index in [2.05, 4.69) is 20.3 Å². The van der Waals surface area contributed by atoms with E-state index in [9.17, 15) is 9.59 Å². The van der Waals surface area contributed by atoms with Gasteiger partial charge in [0, 0.05) is 19.7 Å². The lowest BCUT2D eigenvalue weighted by atomic mass is 10.0. The molecule has 7 heteroatoms. The average Bonchev–Trinajstić information content (AvgIpc) is 3.02. The van der Waals surface area contributed by atoms with E-state index in [0.29, 0.717) is 0 Å². The first kappa shape index (κ1) is 15.7. The highest BCUT2D eigenvalue weighted by molar-refractivity contribution is 6.39. The van der Waals surface area contributed by atoms with Crippen LogP contribution in [-0.4, -0.2) is 30.6 Å². The van der Waals surface area contributed by atoms with Crippen molar-refractivity contribution in [2.75, 3.05) is 19.0 Å². The van der Waals surface area contributed by atoms with Crippen molar-refractivity contribution in [3.63, 3.8) is 0 Å². The van der Waals surface area contributed by atoms with Gasteiger partial charge in [0.15, 0.2) is 5.82 Å². The van der Waals surface area contributed by atoms with Crippen molar-refractivity contribution in [2.45, 2.75) is 13.0 Å². The molecule has 0 aliphatic rings. The van der Waals surface area contributed by atoms with Gasteiger partial charge in [0.2, 0.25) is 0 Å². The second-order valence-corrected chi connectivity index (χ2v) is 4.63. The molecule has 0 bridgehead atoms. The maximum absolute atomic E-state index is 11.8. The maximum atomic E-state index is 11.8. The van der Waals surface area contributed by atoms with Gasteiger partial charge >= 0.3 is 11.8 Å². The zero-order valence-corrected chi connectivity index (χ0v) is 12.3. The predicted octanol–water partition coefficient (Wildman–Crippen LogP) is 1.43. The third kappa shape index (κ3) is 3.92. The van der Waals surface area contributed by atoms with Crippen LogP contribution in [-0.2, 0) is 14.3 Å². The number of ether oxygens (including phenoxy) is 1. The summed E-state index contributed by atoms with van der Waals surface area (Å²) in [4.78, 5) is 23.4. The van der Waals surface area contributed by atoms with Crippen molar-refractivity contribution in [1.29, 1.82) is 0 Å². The Bertz CT molecular complexity index is 640. The normalized spacial score (nSPS) is 11.7. The number of benzene rings is 1. The Hall–Kier alpha value is -2.67. The lowest BCUT2D eigenvalue weighted by Gasteiger charge is -2.18. The van der Waals surface area contributed by atoms with Gasteiger partial charge in [0.05, 0.1) is 6.10 Å². The third-order valence-corrected chi connectivity index (χ3v) is 3.15. The molecule has 0 aliphatic carbocycles. The number of nitrogens with zero attached hydrogens (tertiary/aromatic N) is 1. The number of hydrogen-bond donors (Lipinski definition) is 2. The molecule has 0 radical (unpaired) electrons. The Labute approximate surface area is 127 Å². The van der Waals surface area contributed by atoms with E-state index in [1.807, 2.05) is 31.2 Å². The predicted molar refractivity (Wildman–Crippen MR) is 79.1 cm³/mol. The molecule has 2 N–H and O–H groups in total. The number of nitrogens with one attached hydrogen (secondary N) is 2. The molecule has 116 valence electrons. The number of carbonyl (C=O) groups excluding carboxylic acids is 2. The van der Waals surface area contributed by atoms with Gasteiger partial charge < -0.3 is 14.6 Å². The molecule has 0 aliphatic heterocycles. The first-order valence-electron chi connectivity index (χ1n) is 6.69. The number of aromatic nitrogens is 1. The number of anilines is 1. The molecule has 0 unspecified atom stereocenters. The first-order chi connectivity index (χ1) is 10.6. The van der Waals surface area contributed by atoms with Crippen molar-refractivity contribution in [2.24, 2.45) is 0 Å². The number of carbonyl (C=O) groups is 2. The number of amides is 2. The summed E-state index contributed by atoms with van der Waals surface area (Å²) in [6, 6.07) is 9.14. The number of hydrogen-bond acceptors (Lipinski definition) is 5. The Morgan fingerprint density at radius 1 is 1.27 bits per heavy atom. The summed E-state index contributed by atoms with van der Waals surface area (Å²) in [6.07, 6.45) is 0.970. The van der Waals surface area contributed by atoms with Crippen molar-refractivity contribution in [3.05, 3.63) is 47.7 Å². The summed E-state index contributed by atoms with van der Waals surface area (Å²) < 4.78 is 9.94. The highest BCUT2D eigenvalue weighted by atomic mass is 16.5. The van der Waals surface area contributed by atoms with E-state index >= 15 is 0 Å². The lowest BCUT2D eigenvalue weighted by Crippen LogP contribution is -2.38. The molecule has 0 saturated carbocycles. The number of methoxy groups -OCH3 is 1. The Balaban J connectivity index is 1.91. The van der Waals surface area contributed by atoms with Gasteiger partial charge in [-0.15, -0.1) is 0 Å². The van der Waals surface area contributed by atoms with Crippen LogP contribution in [0.3, 0.4) is 0 Å². The average molecular weight is 303 g/mol. The van der Waals surface area contributed by atoms with Gasteiger partial charge in [0.1, 0.15) is 6.26 Å². The highest BCUT2D eigenvalue weighted by Crippen LogP contribution is 2.19. The monoisotopic (exact) mass is 303 g/mol. The van der Waals surface area contributed by atoms with Crippen LogP contribution in [0.5, 0.6) is 0 Å². The fourth-order valence-corrected chi connectivity index (χ4v) is 1.98. The van der Waals surface area contributed by atoms with Crippen LogP contribution in [0.4, 0.5) is 5.82 Å². The smallest absolute Gasteiger partial charge is 0.314 e. The molecule has 1 aromatic heterocycles. The van der Waals surface area contributed by atoms with Gasteiger partial charge in [-0.3, -0.25) is 14.9 Å². The fraction of sp³-hybridized carbons (Fsp3) is 0.267. The molecule has 2 rings (SSSR count). The van der Waals surface area contributed by atoms with Crippen LogP contribution in [0.25, 0.3) is 0 Å². The standard InChI is InChI=1S/C15H17N3O4/c1-10-5-3-4-6-11(10)12(21-2)9-16-14(19)15(20)17-13-7-8-22-18-13/h3-8,12H,9H2,1-2H3,(H,16,19)(H,17,18,20)/t12-/m1/s1. The van der Waals surface area contributed by atoms with Crippen molar-refractivity contribution < 1.29 is 18.8 Å². The molecule has 1 atom stereocenters. The van der Waals surface area contributed by atoms with E-state index in [1.54, 1.807) is 7.11 Å². The maximum Gasteiger partial charge on any atom is 0.314 e. The minimum atomic E-state index is -0.812. The van der Waals surface area contributed by atoms with E-state index in [4.69, 9.17) is 4.74 Å². The summed E-state index contributed by atoms with van der Waals surface area (Å²) in [5.74, 6) is -1.39. The first-order valence-corrected chi connectivity index (χ1v) is 6.69. The molecule has 1 heterocycles. The SMILES string of the molecule is CO[C@H](CNC(=O)C(=O)Nc1ccon1)c1ccccc1C.